The van der Waals surface area contributed by atoms with Crippen molar-refractivity contribution >= 4 is 54.4 Å². The Balaban J connectivity index is 1.16. The number of aromatic nitrogens is 1. The number of thiazole rings is 1. The predicted molar refractivity (Wildman–Crippen MR) is 148 cm³/mol. The molecule has 192 valence electrons. The van der Waals surface area contributed by atoms with Crippen molar-refractivity contribution in [1.29, 1.82) is 0 Å². The summed E-state index contributed by atoms with van der Waals surface area (Å²) in [6.45, 7) is 7.86. The number of thioether (sulfide) groups is 1. The standard InChI is InChI=1S/C26H32N4O3S3/c1-18-16-19(2)24-23(17-18)35-26(27-24)29-14-12-28(13-15-29)25(31)20-8-10-30(11-9-20)36(32,33)22-6-4-21(34-3)5-7-22/h4-7,16-17,20H,8-15H2,1-3H3. The van der Waals surface area contributed by atoms with Crippen LogP contribution in [-0.2, 0) is 14.8 Å². The van der Waals surface area contributed by atoms with Crippen molar-refractivity contribution in [3.8, 4) is 0 Å². The van der Waals surface area contributed by atoms with Crippen LogP contribution in [-0.4, -0.2) is 74.0 Å². The van der Waals surface area contributed by atoms with E-state index >= 15 is 0 Å². The number of amides is 1. The summed E-state index contributed by atoms with van der Waals surface area (Å²) in [5.74, 6) is 0.0433. The van der Waals surface area contributed by atoms with Crippen LogP contribution < -0.4 is 4.90 Å². The van der Waals surface area contributed by atoms with Crippen molar-refractivity contribution in [3.63, 3.8) is 0 Å². The van der Waals surface area contributed by atoms with Crippen LogP contribution in [0.25, 0.3) is 10.2 Å². The molecule has 2 saturated heterocycles. The summed E-state index contributed by atoms with van der Waals surface area (Å²) in [5, 5.41) is 1.02. The number of sulfonamides is 1. The fourth-order valence-corrected chi connectivity index (χ4v) is 8.18. The Bertz CT molecular complexity index is 1360. The van der Waals surface area contributed by atoms with Gasteiger partial charge in [-0.05, 0) is 74.4 Å². The number of aryl methyl sites for hydroxylation is 2. The van der Waals surface area contributed by atoms with Gasteiger partial charge in [-0.15, -0.1) is 11.8 Å². The van der Waals surface area contributed by atoms with Gasteiger partial charge in [-0.1, -0.05) is 17.4 Å². The highest BCUT2D eigenvalue weighted by Gasteiger charge is 2.35. The Hall–Kier alpha value is -2.14. The van der Waals surface area contributed by atoms with Crippen LogP contribution >= 0.6 is 23.1 Å². The first-order valence-electron chi connectivity index (χ1n) is 12.3. The number of carbonyl (C=O) groups is 1. The van der Waals surface area contributed by atoms with Crippen LogP contribution in [0.4, 0.5) is 5.13 Å². The third-order valence-electron chi connectivity index (χ3n) is 7.18. The number of hydrogen-bond donors (Lipinski definition) is 0. The molecule has 0 atom stereocenters. The number of piperazine rings is 1. The molecule has 1 aromatic heterocycles. The molecule has 0 saturated carbocycles. The minimum Gasteiger partial charge on any atom is -0.345 e. The van der Waals surface area contributed by atoms with Gasteiger partial charge in [0.25, 0.3) is 0 Å². The third kappa shape index (κ3) is 5.01. The van der Waals surface area contributed by atoms with Crippen LogP contribution in [0.5, 0.6) is 0 Å². The molecule has 5 rings (SSSR count). The zero-order valence-electron chi connectivity index (χ0n) is 20.9. The third-order valence-corrected chi connectivity index (χ3v) is 10.9. The first-order chi connectivity index (χ1) is 17.3. The average Bonchev–Trinajstić information content (AvgIpc) is 3.33. The van der Waals surface area contributed by atoms with Crippen molar-refractivity contribution in [2.75, 3.05) is 50.4 Å². The summed E-state index contributed by atoms with van der Waals surface area (Å²) in [4.78, 5) is 23.7. The van der Waals surface area contributed by atoms with Gasteiger partial charge in [-0.25, -0.2) is 13.4 Å². The van der Waals surface area contributed by atoms with Gasteiger partial charge in [-0.2, -0.15) is 4.31 Å². The number of benzene rings is 2. The molecule has 0 unspecified atom stereocenters. The van der Waals surface area contributed by atoms with Crippen molar-refractivity contribution in [2.45, 2.75) is 36.5 Å². The smallest absolute Gasteiger partial charge is 0.243 e. The summed E-state index contributed by atoms with van der Waals surface area (Å²) in [7, 11) is -3.53. The monoisotopic (exact) mass is 544 g/mol. The van der Waals surface area contributed by atoms with E-state index in [2.05, 4.69) is 30.9 Å². The van der Waals surface area contributed by atoms with Gasteiger partial charge >= 0.3 is 0 Å². The largest absolute Gasteiger partial charge is 0.345 e. The Morgan fingerprint density at radius 1 is 1.00 bits per heavy atom. The highest BCUT2D eigenvalue weighted by molar-refractivity contribution is 7.98. The zero-order valence-corrected chi connectivity index (χ0v) is 23.4. The zero-order chi connectivity index (χ0) is 25.4. The molecule has 2 aromatic carbocycles. The maximum atomic E-state index is 13.2. The van der Waals surface area contributed by atoms with Gasteiger partial charge in [0.15, 0.2) is 5.13 Å². The Morgan fingerprint density at radius 3 is 2.31 bits per heavy atom. The second-order valence-electron chi connectivity index (χ2n) is 9.59. The summed E-state index contributed by atoms with van der Waals surface area (Å²) in [5.41, 5.74) is 3.52. The van der Waals surface area contributed by atoms with Gasteiger partial charge in [0.1, 0.15) is 0 Å². The lowest BCUT2D eigenvalue weighted by molar-refractivity contribution is -0.137. The molecule has 1 amide bonds. The van der Waals surface area contributed by atoms with Gasteiger partial charge in [0, 0.05) is 50.1 Å². The van der Waals surface area contributed by atoms with E-state index in [1.807, 2.05) is 23.3 Å². The highest BCUT2D eigenvalue weighted by atomic mass is 32.2. The fraction of sp³-hybridized carbons (Fsp3) is 0.462. The highest BCUT2D eigenvalue weighted by Crippen LogP contribution is 2.32. The molecule has 3 heterocycles. The molecule has 36 heavy (non-hydrogen) atoms. The summed E-state index contributed by atoms with van der Waals surface area (Å²) in [6, 6.07) is 11.4. The van der Waals surface area contributed by atoms with Crippen LogP contribution in [0.1, 0.15) is 24.0 Å². The van der Waals surface area contributed by atoms with Crippen molar-refractivity contribution in [2.24, 2.45) is 5.92 Å². The molecule has 0 bridgehead atoms. The number of hydrogen-bond acceptors (Lipinski definition) is 7. The first kappa shape index (κ1) is 25.5. The number of nitrogens with zero attached hydrogens (tertiary/aromatic N) is 4. The second-order valence-corrected chi connectivity index (χ2v) is 13.4. The maximum Gasteiger partial charge on any atom is 0.243 e. The first-order valence-corrected chi connectivity index (χ1v) is 15.8. The Morgan fingerprint density at radius 2 is 1.67 bits per heavy atom. The average molecular weight is 545 g/mol. The number of anilines is 1. The molecule has 7 nitrogen and oxygen atoms in total. The number of fused-ring (bicyclic) bond motifs is 1. The molecule has 3 aromatic rings. The van der Waals surface area contributed by atoms with Gasteiger partial charge in [0.05, 0.1) is 15.1 Å². The number of carbonyl (C=O) groups excluding carboxylic acids is 1. The van der Waals surface area contributed by atoms with E-state index in [1.54, 1.807) is 35.2 Å². The van der Waals surface area contributed by atoms with E-state index in [-0.39, 0.29) is 11.8 Å². The lowest BCUT2D eigenvalue weighted by Gasteiger charge is -2.38. The van der Waals surface area contributed by atoms with Crippen molar-refractivity contribution in [3.05, 3.63) is 47.5 Å². The topological polar surface area (TPSA) is 73.8 Å². The maximum absolute atomic E-state index is 13.2. The molecule has 2 aliphatic rings. The SMILES string of the molecule is CSc1ccc(S(=O)(=O)N2CCC(C(=O)N3CCN(c4nc5c(C)cc(C)cc5s4)CC3)CC2)cc1. The van der Waals surface area contributed by atoms with E-state index in [1.165, 1.54) is 20.1 Å². The van der Waals surface area contributed by atoms with Crippen LogP contribution in [0.2, 0.25) is 0 Å². The van der Waals surface area contributed by atoms with Crippen LogP contribution in [0.3, 0.4) is 0 Å². The lowest BCUT2D eigenvalue weighted by atomic mass is 9.96. The molecular formula is C26H32N4O3S3. The van der Waals surface area contributed by atoms with Gasteiger partial charge in [-0.3, -0.25) is 4.79 Å². The predicted octanol–water partition coefficient (Wildman–Crippen LogP) is 4.38. The number of rotatable bonds is 5. The van der Waals surface area contributed by atoms with Gasteiger partial charge in [0.2, 0.25) is 15.9 Å². The minimum absolute atomic E-state index is 0.116. The second kappa shape index (κ2) is 10.3. The molecule has 10 heteroatoms. The molecule has 2 aliphatic heterocycles. The Kier molecular flexibility index (Phi) is 7.31. The van der Waals surface area contributed by atoms with E-state index in [9.17, 15) is 13.2 Å². The fourth-order valence-electron chi connectivity index (χ4n) is 5.11. The number of piperidine rings is 1. The normalized spacial score (nSPS) is 18.2. The van der Waals surface area contributed by atoms with E-state index in [0.717, 1.165) is 28.6 Å². The minimum atomic E-state index is -3.53. The van der Waals surface area contributed by atoms with Crippen LogP contribution in [0.15, 0.2) is 46.2 Å². The molecule has 0 radical (unpaired) electrons. The molecule has 0 spiro atoms. The van der Waals surface area contributed by atoms with Gasteiger partial charge < -0.3 is 9.80 Å². The Labute approximate surface area is 221 Å². The molecule has 2 fully saturated rings. The molecule has 0 N–H and O–H groups in total. The van der Waals surface area contributed by atoms with Crippen LogP contribution in [0, 0.1) is 19.8 Å². The van der Waals surface area contributed by atoms with Crippen molar-refractivity contribution < 1.29 is 13.2 Å². The summed E-state index contributed by atoms with van der Waals surface area (Å²) < 4.78 is 28.8. The summed E-state index contributed by atoms with van der Waals surface area (Å²) in [6.07, 6.45) is 3.10. The lowest BCUT2D eigenvalue weighted by Crippen LogP contribution is -2.52. The van der Waals surface area contributed by atoms with Crippen molar-refractivity contribution in [1.82, 2.24) is 14.2 Å². The van der Waals surface area contributed by atoms with E-state index in [4.69, 9.17) is 4.98 Å². The summed E-state index contributed by atoms with van der Waals surface area (Å²) >= 11 is 3.30. The molecular weight excluding hydrogens is 513 g/mol. The van der Waals surface area contributed by atoms with E-state index < -0.39 is 10.0 Å². The quantitative estimate of drug-likeness (QED) is 0.444. The molecule has 0 aliphatic carbocycles. The van der Waals surface area contributed by atoms with E-state index in [0.29, 0.717) is 43.9 Å².